The SMILES string of the molecule is O=Cc1cn[nH]c1CC1CCCCC1. The molecule has 0 radical (unpaired) electrons. The van der Waals surface area contributed by atoms with Crippen LogP contribution in [-0.2, 0) is 6.42 Å². The topological polar surface area (TPSA) is 45.8 Å². The Morgan fingerprint density at radius 2 is 2.21 bits per heavy atom. The van der Waals surface area contributed by atoms with Crippen molar-refractivity contribution >= 4 is 6.29 Å². The van der Waals surface area contributed by atoms with Crippen LogP contribution in [0, 0.1) is 5.92 Å². The van der Waals surface area contributed by atoms with Gasteiger partial charge >= 0.3 is 0 Å². The van der Waals surface area contributed by atoms with Gasteiger partial charge in [-0.1, -0.05) is 32.1 Å². The van der Waals surface area contributed by atoms with Crippen LogP contribution in [0.3, 0.4) is 0 Å². The Bertz CT molecular complexity index is 300. The van der Waals surface area contributed by atoms with Gasteiger partial charge in [-0.05, 0) is 12.3 Å². The van der Waals surface area contributed by atoms with Gasteiger partial charge in [0.1, 0.15) is 0 Å². The number of aromatic nitrogens is 2. The predicted octanol–water partition coefficient (Wildman–Crippen LogP) is 2.35. The van der Waals surface area contributed by atoms with Crippen LogP contribution in [-0.4, -0.2) is 16.5 Å². The summed E-state index contributed by atoms with van der Waals surface area (Å²) < 4.78 is 0. The summed E-state index contributed by atoms with van der Waals surface area (Å²) >= 11 is 0. The number of hydrogen-bond acceptors (Lipinski definition) is 2. The van der Waals surface area contributed by atoms with Crippen LogP contribution < -0.4 is 0 Å². The second-order valence-electron chi connectivity index (χ2n) is 4.13. The minimum atomic E-state index is 0.732. The molecule has 0 atom stereocenters. The average Bonchev–Trinajstić information content (AvgIpc) is 2.67. The zero-order valence-corrected chi connectivity index (χ0v) is 8.33. The van der Waals surface area contributed by atoms with Gasteiger partial charge in [0.25, 0.3) is 0 Å². The molecule has 0 spiro atoms. The molecule has 3 nitrogen and oxygen atoms in total. The largest absolute Gasteiger partial charge is 0.298 e. The van der Waals surface area contributed by atoms with Gasteiger partial charge < -0.3 is 0 Å². The van der Waals surface area contributed by atoms with Gasteiger partial charge in [-0.15, -0.1) is 0 Å². The number of nitrogens with one attached hydrogen (secondary N) is 1. The molecule has 0 aromatic carbocycles. The van der Waals surface area contributed by atoms with Crippen LogP contribution in [0.4, 0.5) is 0 Å². The molecule has 1 fully saturated rings. The maximum atomic E-state index is 10.7. The number of aromatic amines is 1. The summed E-state index contributed by atoms with van der Waals surface area (Å²) in [5, 5.41) is 6.82. The highest BCUT2D eigenvalue weighted by molar-refractivity contribution is 5.75. The molecule has 1 N–H and O–H groups in total. The van der Waals surface area contributed by atoms with Crippen molar-refractivity contribution in [1.29, 1.82) is 0 Å². The second kappa shape index (κ2) is 4.40. The molecule has 14 heavy (non-hydrogen) atoms. The molecule has 0 unspecified atom stereocenters. The lowest BCUT2D eigenvalue weighted by molar-refractivity contribution is 0.112. The summed E-state index contributed by atoms with van der Waals surface area (Å²) in [5.41, 5.74) is 1.75. The van der Waals surface area contributed by atoms with Crippen molar-refractivity contribution in [2.75, 3.05) is 0 Å². The van der Waals surface area contributed by atoms with Gasteiger partial charge in [-0.2, -0.15) is 5.10 Å². The van der Waals surface area contributed by atoms with Crippen LogP contribution in [0.15, 0.2) is 6.20 Å². The van der Waals surface area contributed by atoms with E-state index in [9.17, 15) is 4.79 Å². The molecule has 0 saturated heterocycles. The molecular formula is C11H16N2O. The Hall–Kier alpha value is -1.12. The summed E-state index contributed by atoms with van der Waals surface area (Å²) in [6, 6.07) is 0. The number of carbonyl (C=O) groups is 1. The van der Waals surface area contributed by atoms with Crippen molar-refractivity contribution in [3.05, 3.63) is 17.5 Å². The van der Waals surface area contributed by atoms with Crippen LogP contribution >= 0.6 is 0 Å². The Morgan fingerprint density at radius 3 is 2.93 bits per heavy atom. The van der Waals surface area contributed by atoms with Gasteiger partial charge in [-0.3, -0.25) is 9.89 Å². The second-order valence-corrected chi connectivity index (χ2v) is 4.13. The number of hydrogen-bond donors (Lipinski definition) is 1. The summed E-state index contributed by atoms with van der Waals surface area (Å²) in [6.07, 6.45) is 10.2. The normalized spacial score (nSPS) is 18.3. The zero-order chi connectivity index (χ0) is 9.80. The first-order chi connectivity index (χ1) is 6.90. The van der Waals surface area contributed by atoms with Gasteiger partial charge in [0.05, 0.1) is 11.8 Å². The van der Waals surface area contributed by atoms with E-state index in [1.165, 1.54) is 32.1 Å². The number of carbonyl (C=O) groups excluding carboxylic acids is 1. The minimum Gasteiger partial charge on any atom is -0.298 e. The number of aldehydes is 1. The number of rotatable bonds is 3. The third kappa shape index (κ3) is 2.03. The molecular weight excluding hydrogens is 176 g/mol. The first kappa shape index (κ1) is 9.44. The van der Waals surface area contributed by atoms with Crippen LogP contribution in [0.25, 0.3) is 0 Å². The Balaban J connectivity index is 1.98. The number of nitrogens with zero attached hydrogens (tertiary/aromatic N) is 1. The maximum absolute atomic E-state index is 10.7. The van der Waals surface area contributed by atoms with Crippen molar-refractivity contribution in [3.63, 3.8) is 0 Å². The van der Waals surface area contributed by atoms with Gasteiger partial charge in [0.2, 0.25) is 0 Å². The van der Waals surface area contributed by atoms with Crippen LogP contribution in [0.2, 0.25) is 0 Å². The third-order valence-electron chi connectivity index (χ3n) is 3.10. The first-order valence-corrected chi connectivity index (χ1v) is 5.37. The fourth-order valence-electron chi connectivity index (χ4n) is 2.27. The molecule has 76 valence electrons. The Kier molecular flexibility index (Phi) is 2.96. The highest BCUT2D eigenvalue weighted by Gasteiger charge is 2.16. The zero-order valence-electron chi connectivity index (χ0n) is 8.33. The van der Waals surface area contributed by atoms with E-state index in [1.807, 2.05) is 0 Å². The van der Waals surface area contributed by atoms with E-state index in [0.29, 0.717) is 0 Å². The van der Waals surface area contributed by atoms with E-state index in [0.717, 1.165) is 29.9 Å². The van der Waals surface area contributed by atoms with Gasteiger partial charge in [0, 0.05) is 5.69 Å². The molecule has 0 aliphatic heterocycles. The first-order valence-electron chi connectivity index (χ1n) is 5.37. The molecule has 0 bridgehead atoms. The van der Waals surface area contributed by atoms with E-state index in [1.54, 1.807) is 6.20 Å². The quantitative estimate of drug-likeness (QED) is 0.747. The Labute approximate surface area is 83.9 Å². The lowest BCUT2D eigenvalue weighted by atomic mass is 9.86. The van der Waals surface area contributed by atoms with Crippen molar-refractivity contribution in [2.45, 2.75) is 38.5 Å². The number of H-pyrrole nitrogens is 1. The summed E-state index contributed by atoms with van der Waals surface area (Å²) in [7, 11) is 0. The third-order valence-corrected chi connectivity index (χ3v) is 3.10. The van der Waals surface area contributed by atoms with Gasteiger partial charge in [-0.25, -0.2) is 0 Å². The van der Waals surface area contributed by atoms with E-state index >= 15 is 0 Å². The fraction of sp³-hybridized carbons (Fsp3) is 0.636. The summed E-state index contributed by atoms with van der Waals surface area (Å²) in [5.74, 6) is 0.753. The molecule has 1 aromatic rings. The molecule has 2 rings (SSSR count). The van der Waals surface area contributed by atoms with Crippen molar-refractivity contribution in [1.82, 2.24) is 10.2 Å². The summed E-state index contributed by atoms with van der Waals surface area (Å²) in [6.45, 7) is 0. The smallest absolute Gasteiger partial charge is 0.153 e. The minimum absolute atomic E-state index is 0.732. The fourth-order valence-corrected chi connectivity index (χ4v) is 2.27. The maximum Gasteiger partial charge on any atom is 0.153 e. The molecule has 1 heterocycles. The van der Waals surface area contributed by atoms with E-state index in [-0.39, 0.29) is 0 Å². The highest BCUT2D eigenvalue weighted by atomic mass is 16.1. The van der Waals surface area contributed by atoms with Crippen molar-refractivity contribution in [2.24, 2.45) is 5.92 Å². The molecule has 1 saturated carbocycles. The lowest BCUT2D eigenvalue weighted by Gasteiger charge is -2.20. The van der Waals surface area contributed by atoms with Crippen molar-refractivity contribution in [3.8, 4) is 0 Å². The van der Waals surface area contributed by atoms with Crippen LogP contribution in [0.1, 0.15) is 48.2 Å². The van der Waals surface area contributed by atoms with E-state index < -0.39 is 0 Å². The predicted molar refractivity (Wildman–Crippen MR) is 54.3 cm³/mol. The van der Waals surface area contributed by atoms with Gasteiger partial charge in [0.15, 0.2) is 6.29 Å². The average molecular weight is 192 g/mol. The highest BCUT2D eigenvalue weighted by Crippen LogP contribution is 2.26. The monoisotopic (exact) mass is 192 g/mol. The molecule has 1 aromatic heterocycles. The standard InChI is InChI=1S/C11H16N2O/c14-8-10-7-12-13-11(10)6-9-4-2-1-3-5-9/h7-9H,1-6H2,(H,12,13). The summed E-state index contributed by atoms with van der Waals surface area (Å²) in [4.78, 5) is 10.7. The molecule has 1 aliphatic rings. The van der Waals surface area contributed by atoms with E-state index in [4.69, 9.17) is 0 Å². The van der Waals surface area contributed by atoms with E-state index in [2.05, 4.69) is 10.2 Å². The molecule has 1 aliphatic carbocycles. The van der Waals surface area contributed by atoms with Crippen LogP contribution in [0.5, 0.6) is 0 Å². The molecule has 3 heteroatoms. The lowest BCUT2D eigenvalue weighted by Crippen LogP contribution is -2.10. The Morgan fingerprint density at radius 1 is 1.43 bits per heavy atom. The molecule has 0 amide bonds. The van der Waals surface area contributed by atoms with Crippen molar-refractivity contribution < 1.29 is 4.79 Å².